The van der Waals surface area contributed by atoms with E-state index in [9.17, 15) is 57.8 Å². The smallest absolute Gasteiger partial charge is 0.426 e. The molecule has 0 fully saturated rings. The number of hydrogen-bond donors (Lipinski definition) is 1. The summed E-state index contributed by atoms with van der Waals surface area (Å²) in [7, 11) is 7.32. The number of ketones is 5. The quantitative estimate of drug-likeness (QED) is 0.115. The van der Waals surface area contributed by atoms with E-state index in [-0.39, 0.29) is 62.2 Å². The molecule has 0 saturated carbocycles. The van der Waals surface area contributed by atoms with Crippen molar-refractivity contribution in [3.8, 4) is 5.75 Å². The van der Waals surface area contributed by atoms with Crippen molar-refractivity contribution in [2.24, 2.45) is 28.2 Å². The number of para-hydroxylation sites is 6. The number of aromatic nitrogens is 7. The van der Waals surface area contributed by atoms with Crippen LogP contribution >= 0.6 is 0 Å². The first kappa shape index (κ1) is 70.6. The number of fused-ring (bicyclic) bond motifs is 6. The zero-order valence-corrected chi connectivity index (χ0v) is 60.1. The molecule has 2 N–H and O–H groups in total. The summed E-state index contributed by atoms with van der Waals surface area (Å²) in [4.78, 5) is 164. The summed E-state index contributed by atoms with van der Waals surface area (Å²) in [5.74, 6) is -5.56. The third-order valence-corrected chi connectivity index (χ3v) is 19.7. The third kappa shape index (κ3) is 11.9. The standard InChI is InChI=1S/2C30H22N4O4.C28H16N4O4/c2*1-31-15-11-19(12-16-31)29(37)33-23-9-5-3-7-21(23)27(35)25(33)26-28(36)22-8-4-6-10-24(22)34(26)30(38)20-13-17-32(2)18-14-20;33-25-19-5-1-3-7-21(19)31(27(35)17-9-13-29-14-10-17)23(25)24-26(34)20-6-2-4-8-22(20)32(24)28(36)18-11-15-30-16-12-18/h2*3-18H,1-2H3;1-16H/q2*+2;/p+2/b2*26-25+;. The summed E-state index contributed by atoms with van der Waals surface area (Å²) in [6.07, 6.45) is 20.0. The fourth-order valence-corrected chi connectivity index (χ4v) is 14.2. The van der Waals surface area contributed by atoms with Gasteiger partial charge in [0.1, 0.15) is 62.1 Å². The molecule has 5 aliphatic rings. The molecule has 5 aliphatic heterocycles. The molecule has 0 unspecified atom stereocenters. The Labute approximate surface area is 637 Å². The monoisotopic (exact) mass is 1480 g/mol. The molecule has 0 saturated heterocycles. The molecule has 0 aliphatic carbocycles. The molecule has 0 bridgehead atoms. The van der Waals surface area contributed by atoms with Crippen LogP contribution in [0.15, 0.2) is 316 Å². The maximum atomic E-state index is 13.9. The van der Waals surface area contributed by atoms with E-state index < -0.39 is 64.4 Å². The third-order valence-electron chi connectivity index (χ3n) is 19.7. The number of aryl methyl sites for hydroxylation is 4. The second-order valence-corrected chi connectivity index (χ2v) is 26.6. The van der Waals surface area contributed by atoms with E-state index in [0.717, 1.165) is 0 Å². The van der Waals surface area contributed by atoms with Crippen LogP contribution in [-0.2, 0) is 28.2 Å². The Kier molecular flexibility index (Phi) is 18.0. The first-order valence-corrected chi connectivity index (χ1v) is 35.1. The molecule has 0 radical (unpaired) electrons. The number of nitrogens with one attached hydrogen (secondary N) is 1. The Morgan fingerprint density at radius 3 is 1.02 bits per heavy atom. The lowest BCUT2D eigenvalue weighted by Crippen LogP contribution is -2.37. The number of allylic oxidation sites excluding steroid dienone is 4. The van der Waals surface area contributed by atoms with E-state index in [1.54, 1.807) is 299 Å². The lowest BCUT2D eigenvalue weighted by Gasteiger charge is -2.24. The molecule has 540 valence electrons. The zero-order valence-electron chi connectivity index (χ0n) is 60.1. The van der Waals surface area contributed by atoms with Gasteiger partial charge >= 0.3 is 5.91 Å². The van der Waals surface area contributed by atoms with E-state index in [0.29, 0.717) is 78.3 Å². The minimum Gasteiger partial charge on any atom is -0.505 e. The van der Waals surface area contributed by atoms with Crippen LogP contribution < -0.4 is 42.9 Å². The Balaban J connectivity index is 0.000000127. The van der Waals surface area contributed by atoms with Crippen LogP contribution in [0.3, 0.4) is 0 Å². The van der Waals surface area contributed by atoms with Crippen molar-refractivity contribution >= 4 is 109 Å². The summed E-state index contributed by atoms with van der Waals surface area (Å²) in [6, 6.07) is 59.9. The van der Waals surface area contributed by atoms with Crippen LogP contribution in [0.2, 0.25) is 0 Å². The number of aromatic amines is 1. The highest BCUT2D eigenvalue weighted by Crippen LogP contribution is 2.47. The summed E-state index contributed by atoms with van der Waals surface area (Å²) < 4.78 is 9.72. The van der Waals surface area contributed by atoms with E-state index in [2.05, 4.69) is 9.97 Å². The molecule has 0 atom stereocenters. The van der Waals surface area contributed by atoms with Crippen molar-refractivity contribution in [2.75, 3.05) is 19.6 Å². The Morgan fingerprint density at radius 1 is 0.339 bits per heavy atom. The number of H-pyrrole nitrogens is 1. The van der Waals surface area contributed by atoms with Crippen LogP contribution in [0.1, 0.15) is 120 Å². The fourth-order valence-electron chi connectivity index (χ4n) is 14.2. The van der Waals surface area contributed by atoms with Crippen molar-refractivity contribution < 1.29 is 85.7 Å². The number of Topliss-reactive ketones (excluding diaryl/α,β-unsaturated/α-hetero) is 5. The van der Waals surface area contributed by atoms with Crippen molar-refractivity contribution in [3.63, 3.8) is 0 Å². The van der Waals surface area contributed by atoms with Gasteiger partial charge in [0.05, 0.1) is 50.5 Å². The second-order valence-electron chi connectivity index (χ2n) is 26.6. The van der Waals surface area contributed by atoms with Crippen LogP contribution in [0.25, 0.3) is 10.9 Å². The number of benzene rings is 6. The number of pyridine rings is 6. The molecule has 6 aromatic carbocycles. The van der Waals surface area contributed by atoms with Crippen molar-refractivity contribution in [1.29, 1.82) is 0 Å². The van der Waals surface area contributed by atoms with Crippen LogP contribution in [0, 0.1) is 0 Å². The first-order valence-electron chi connectivity index (χ1n) is 35.1. The largest absolute Gasteiger partial charge is 0.505 e. The molecule has 24 heteroatoms. The van der Waals surface area contributed by atoms with Crippen LogP contribution in [0.4, 0.5) is 28.4 Å². The van der Waals surface area contributed by atoms with Crippen molar-refractivity contribution in [3.05, 3.63) is 382 Å². The first-order chi connectivity index (χ1) is 54.3. The van der Waals surface area contributed by atoms with E-state index in [1.807, 2.05) is 28.2 Å². The topological polar surface area (TPSA) is 271 Å². The minimum atomic E-state index is -0.496. The average molecular weight is 1480 g/mol. The normalized spacial score (nSPS) is 15.0. The molecule has 12 heterocycles. The van der Waals surface area contributed by atoms with Gasteiger partial charge in [-0.25, -0.2) is 28.0 Å². The summed E-state index contributed by atoms with van der Waals surface area (Å²) in [5, 5.41) is 11.8. The number of nitrogens with zero attached hydrogens (tertiary/aromatic N) is 11. The molecule has 24 nitrogen and oxygen atoms in total. The van der Waals surface area contributed by atoms with Gasteiger partial charge in [-0.15, -0.1) is 4.58 Å². The maximum absolute atomic E-state index is 13.9. The fraction of sp³-hybridized carbons (Fsp3) is 0.0455. The van der Waals surface area contributed by atoms with Gasteiger partial charge in [-0.2, -0.15) is 0 Å². The number of hydrogen-bond acceptors (Lipinski definition) is 13. The van der Waals surface area contributed by atoms with Crippen LogP contribution in [0.5, 0.6) is 5.75 Å². The Morgan fingerprint density at radius 2 is 0.652 bits per heavy atom. The lowest BCUT2D eigenvalue weighted by molar-refractivity contribution is -0.671. The highest BCUT2D eigenvalue weighted by atomic mass is 16.3. The summed E-state index contributed by atoms with van der Waals surface area (Å²) in [5.41, 5.74) is 4.97. The number of carbonyl (C=O) groups is 11. The molecule has 5 amide bonds. The van der Waals surface area contributed by atoms with Gasteiger partial charge in [0.25, 0.3) is 41.0 Å². The van der Waals surface area contributed by atoms with Crippen molar-refractivity contribution in [1.82, 2.24) is 9.55 Å². The molecule has 18 rings (SSSR count). The predicted octanol–water partition coefficient (Wildman–Crippen LogP) is 9.28. The lowest BCUT2D eigenvalue weighted by atomic mass is 10.1. The number of amides is 5. The second kappa shape index (κ2) is 28.5. The average Bonchev–Trinajstić information content (AvgIpc) is 1.57. The van der Waals surface area contributed by atoms with Crippen molar-refractivity contribution in [2.45, 2.75) is 0 Å². The van der Waals surface area contributed by atoms with Gasteiger partial charge in [0, 0.05) is 112 Å². The number of aromatic hydroxyl groups is 1. The van der Waals surface area contributed by atoms with Gasteiger partial charge in [0.2, 0.25) is 28.8 Å². The summed E-state index contributed by atoms with van der Waals surface area (Å²) >= 11 is 0. The molecule has 0 spiro atoms. The molecule has 13 aromatic rings. The minimum absolute atomic E-state index is 0.0462. The predicted molar refractivity (Wildman–Crippen MR) is 405 cm³/mol. The van der Waals surface area contributed by atoms with E-state index >= 15 is 0 Å². The Bertz CT molecular complexity index is 5860. The number of anilines is 4. The van der Waals surface area contributed by atoms with Gasteiger partial charge in [-0.1, -0.05) is 72.8 Å². The highest BCUT2D eigenvalue weighted by molar-refractivity contribution is 6.54. The summed E-state index contributed by atoms with van der Waals surface area (Å²) in [6.45, 7) is 0. The van der Waals surface area contributed by atoms with Gasteiger partial charge in [-0.05, 0) is 78.9 Å². The molecule has 112 heavy (non-hydrogen) atoms. The SMILES string of the molecule is C[n+]1ccc(C(=O)N2/C(=C3\C(=O)c4ccccc4N3C(=O)c3cc[n+](C)cc3)C(=O)c3ccccc32)cc1.C[n+]1ccc(C(=O)N2/C(=C3\C(=O)c4ccccc4N3C(=O)c3cc[n+](C)cc3)C(=O)c3ccccc32)cc1.O=C1C(c2c(O)c3ccccc3n2C(=O)c2ccncc2)=[N+](C(=O)c2cc[nH+]cc2)c2ccccc21. The van der Waals surface area contributed by atoms with E-state index in [4.69, 9.17) is 0 Å². The molecular formula is C88H62N12O12+6. The zero-order chi connectivity index (χ0) is 77.9. The highest BCUT2D eigenvalue weighted by Gasteiger charge is 2.51. The number of carbonyl (C=O) groups excluding carboxylic acids is 11. The van der Waals surface area contributed by atoms with Gasteiger partial charge < -0.3 is 5.11 Å². The van der Waals surface area contributed by atoms with Crippen LogP contribution in [-0.4, -0.2) is 89.3 Å². The van der Waals surface area contributed by atoms with Gasteiger partial charge in [-0.3, -0.25) is 77.1 Å². The molecule has 7 aromatic heterocycles. The van der Waals surface area contributed by atoms with Gasteiger partial charge in [0.15, 0.2) is 73.4 Å². The number of rotatable bonds is 7. The van der Waals surface area contributed by atoms with E-state index in [1.165, 1.54) is 41.1 Å². The Hall–Kier alpha value is -15.7. The molecular weight excluding hydrogens is 1420 g/mol. The maximum Gasteiger partial charge on any atom is 0.426 e.